The van der Waals surface area contributed by atoms with Crippen LogP contribution in [0.3, 0.4) is 0 Å². The quantitative estimate of drug-likeness (QED) is 0.784. The lowest BCUT2D eigenvalue weighted by Gasteiger charge is -2.35. The maximum Gasteiger partial charge on any atom is 0.398 e. The van der Waals surface area contributed by atoms with E-state index in [9.17, 15) is 22.8 Å². The Bertz CT molecular complexity index is 422. The van der Waals surface area contributed by atoms with E-state index in [-0.39, 0.29) is 0 Å². The Kier molecular flexibility index (Phi) is 3.05. The maximum atomic E-state index is 12.8. The van der Waals surface area contributed by atoms with Crippen LogP contribution in [0.4, 0.5) is 13.2 Å². The zero-order valence-corrected chi connectivity index (χ0v) is 8.65. The van der Waals surface area contributed by atoms with Crippen molar-refractivity contribution in [2.75, 3.05) is 0 Å². The number of hydrogen-bond acceptors (Lipinski definition) is 2. The van der Waals surface area contributed by atoms with Gasteiger partial charge in [-0.2, -0.15) is 13.2 Å². The van der Waals surface area contributed by atoms with Crippen LogP contribution in [0.1, 0.15) is 6.92 Å². The zero-order chi connectivity index (χ0) is 13.4. The molecule has 0 aliphatic heterocycles. The molecule has 0 spiro atoms. The molecule has 1 aliphatic carbocycles. The third-order valence-electron chi connectivity index (χ3n) is 2.73. The van der Waals surface area contributed by atoms with Crippen molar-refractivity contribution >= 4 is 11.9 Å². The lowest BCUT2D eigenvalue weighted by Crippen LogP contribution is -2.44. The molecular formula is C10H9F3O4. The van der Waals surface area contributed by atoms with E-state index in [2.05, 4.69) is 0 Å². The smallest absolute Gasteiger partial charge is 0.398 e. The van der Waals surface area contributed by atoms with Gasteiger partial charge in [0.2, 0.25) is 0 Å². The third-order valence-corrected chi connectivity index (χ3v) is 2.73. The molecule has 0 aromatic carbocycles. The van der Waals surface area contributed by atoms with Gasteiger partial charge in [-0.25, -0.2) is 4.79 Å². The van der Waals surface area contributed by atoms with E-state index < -0.39 is 35.0 Å². The van der Waals surface area contributed by atoms with Crippen molar-refractivity contribution in [1.82, 2.24) is 0 Å². The van der Waals surface area contributed by atoms with Crippen LogP contribution in [0.25, 0.3) is 0 Å². The standard InChI is InChI=1S/C10H9F3O4/c1-9(10(11,12)13)3-2-5(7(14)15)4-6(9)8(16)17/h2-4,6H,1H3,(H,14,15)(H,16,17). The molecule has 0 aromatic rings. The molecule has 0 radical (unpaired) electrons. The second-order valence-electron chi connectivity index (χ2n) is 3.86. The number of hydrogen-bond donors (Lipinski definition) is 2. The van der Waals surface area contributed by atoms with Gasteiger partial charge in [0.25, 0.3) is 0 Å². The van der Waals surface area contributed by atoms with Crippen molar-refractivity contribution < 1.29 is 33.0 Å². The van der Waals surface area contributed by atoms with Crippen LogP contribution < -0.4 is 0 Å². The van der Waals surface area contributed by atoms with Gasteiger partial charge in [0.05, 0.1) is 16.9 Å². The van der Waals surface area contributed by atoms with E-state index in [1.807, 2.05) is 0 Å². The fraction of sp³-hybridized carbons (Fsp3) is 0.400. The first-order valence-electron chi connectivity index (χ1n) is 4.53. The molecule has 2 N–H and O–H groups in total. The summed E-state index contributed by atoms with van der Waals surface area (Å²) in [7, 11) is 0. The Labute approximate surface area is 94.0 Å². The average Bonchev–Trinajstić information content (AvgIpc) is 2.15. The Balaban J connectivity index is 3.27. The normalized spacial score (nSPS) is 28.7. The number of alkyl halides is 3. The summed E-state index contributed by atoms with van der Waals surface area (Å²) in [6, 6.07) is 0. The minimum Gasteiger partial charge on any atom is -0.481 e. The van der Waals surface area contributed by atoms with Crippen molar-refractivity contribution in [2.45, 2.75) is 13.1 Å². The van der Waals surface area contributed by atoms with E-state index in [0.29, 0.717) is 12.2 Å². The van der Waals surface area contributed by atoms with Crippen molar-refractivity contribution in [1.29, 1.82) is 0 Å². The van der Waals surface area contributed by atoms with E-state index >= 15 is 0 Å². The summed E-state index contributed by atoms with van der Waals surface area (Å²) in [5.41, 5.74) is -3.06. The minimum absolute atomic E-state index is 0.459. The topological polar surface area (TPSA) is 74.6 Å². The summed E-state index contributed by atoms with van der Waals surface area (Å²) in [6.07, 6.45) is -2.81. The Morgan fingerprint density at radius 2 is 1.88 bits per heavy atom. The van der Waals surface area contributed by atoms with Crippen LogP contribution in [0.15, 0.2) is 23.8 Å². The maximum absolute atomic E-state index is 12.8. The van der Waals surface area contributed by atoms with Crippen molar-refractivity contribution in [3.63, 3.8) is 0 Å². The minimum atomic E-state index is -4.77. The summed E-state index contributed by atoms with van der Waals surface area (Å²) in [5.74, 6) is -5.12. The molecule has 0 saturated carbocycles. The zero-order valence-electron chi connectivity index (χ0n) is 8.65. The molecule has 0 saturated heterocycles. The Hall–Kier alpha value is -1.79. The third kappa shape index (κ3) is 2.17. The lowest BCUT2D eigenvalue weighted by molar-refractivity contribution is -0.216. The predicted molar refractivity (Wildman–Crippen MR) is 50.1 cm³/mol. The Morgan fingerprint density at radius 1 is 1.35 bits per heavy atom. The molecule has 0 heterocycles. The van der Waals surface area contributed by atoms with E-state index in [0.717, 1.165) is 13.0 Å². The molecule has 4 nitrogen and oxygen atoms in total. The highest BCUT2D eigenvalue weighted by Gasteiger charge is 2.57. The highest BCUT2D eigenvalue weighted by Crippen LogP contribution is 2.48. The number of carbonyl (C=O) groups is 2. The monoisotopic (exact) mass is 250 g/mol. The van der Waals surface area contributed by atoms with Crippen molar-refractivity contribution in [3.8, 4) is 0 Å². The molecule has 94 valence electrons. The fourth-order valence-electron chi connectivity index (χ4n) is 1.52. The molecule has 0 bridgehead atoms. The van der Waals surface area contributed by atoms with Gasteiger partial charge in [-0.1, -0.05) is 18.2 Å². The van der Waals surface area contributed by atoms with Gasteiger partial charge in [0.1, 0.15) is 0 Å². The second kappa shape index (κ2) is 3.90. The van der Waals surface area contributed by atoms with Gasteiger partial charge in [-0.3, -0.25) is 4.79 Å². The molecule has 0 aromatic heterocycles. The molecule has 2 atom stereocenters. The van der Waals surface area contributed by atoms with E-state index in [1.54, 1.807) is 0 Å². The molecule has 1 aliphatic rings. The number of carboxylic acid groups (broad SMARTS) is 2. The van der Waals surface area contributed by atoms with Crippen LogP contribution in [-0.4, -0.2) is 28.3 Å². The molecule has 0 amide bonds. The van der Waals surface area contributed by atoms with Gasteiger partial charge in [-0.05, 0) is 6.92 Å². The number of halogens is 3. The number of carboxylic acids is 2. The largest absolute Gasteiger partial charge is 0.481 e. The summed E-state index contributed by atoms with van der Waals surface area (Å²) in [4.78, 5) is 21.4. The molecular weight excluding hydrogens is 241 g/mol. The summed E-state index contributed by atoms with van der Waals surface area (Å²) in [5, 5.41) is 17.4. The molecule has 2 unspecified atom stereocenters. The van der Waals surface area contributed by atoms with Crippen molar-refractivity contribution in [2.24, 2.45) is 11.3 Å². The van der Waals surface area contributed by atoms with E-state index in [4.69, 9.17) is 10.2 Å². The molecule has 17 heavy (non-hydrogen) atoms. The highest BCUT2D eigenvalue weighted by molar-refractivity contribution is 5.92. The highest BCUT2D eigenvalue weighted by atomic mass is 19.4. The predicted octanol–water partition coefficient (Wildman–Crippen LogP) is 1.84. The lowest BCUT2D eigenvalue weighted by atomic mass is 9.72. The van der Waals surface area contributed by atoms with Crippen LogP contribution >= 0.6 is 0 Å². The number of allylic oxidation sites excluding steroid dienone is 1. The molecule has 7 heteroatoms. The second-order valence-corrected chi connectivity index (χ2v) is 3.86. The van der Waals surface area contributed by atoms with Crippen molar-refractivity contribution in [3.05, 3.63) is 23.8 Å². The summed E-state index contributed by atoms with van der Waals surface area (Å²) in [6.45, 7) is 0.720. The van der Waals surface area contributed by atoms with Crippen LogP contribution in [0, 0.1) is 11.3 Å². The summed E-state index contributed by atoms with van der Waals surface area (Å²) >= 11 is 0. The molecule has 0 fully saturated rings. The van der Waals surface area contributed by atoms with Gasteiger partial charge in [0.15, 0.2) is 0 Å². The first-order valence-corrected chi connectivity index (χ1v) is 4.53. The molecule has 1 rings (SSSR count). The first-order chi connectivity index (χ1) is 7.59. The van der Waals surface area contributed by atoms with Crippen LogP contribution in [-0.2, 0) is 9.59 Å². The number of aliphatic carboxylic acids is 2. The SMILES string of the molecule is CC1(C(F)(F)F)C=CC(C(=O)O)=CC1C(=O)O. The van der Waals surface area contributed by atoms with Gasteiger partial charge in [-0.15, -0.1) is 0 Å². The Morgan fingerprint density at radius 3 is 2.24 bits per heavy atom. The van der Waals surface area contributed by atoms with Gasteiger partial charge < -0.3 is 10.2 Å². The number of rotatable bonds is 2. The fourth-order valence-corrected chi connectivity index (χ4v) is 1.52. The van der Waals surface area contributed by atoms with E-state index in [1.165, 1.54) is 0 Å². The average molecular weight is 250 g/mol. The van der Waals surface area contributed by atoms with Crippen LogP contribution in [0.5, 0.6) is 0 Å². The van der Waals surface area contributed by atoms with Gasteiger partial charge in [0, 0.05) is 0 Å². The van der Waals surface area contributed by atoms with Crippen LogP contribution in [0.2, 0.25) is 0 Å². The summed E-state index contributed by atoms with van der Waals surface area (Å²) < 4.78 is 38.3. The first kappa shape index (κ1) is 13.3. The van der Waals surface area contributed by atoms with Gasteiger partial charge >= 0.3 is 18.1 Å².